The number of hydrogen-bond donors (Lipinski definition) is 2. The van der Waals surface area contributed by atoms with Crippen LogP contribution in [0.25, 0.3) is 0 Å². The monoisotopic (exact) mass is 360 g/mol. The van der Waals surface area contributed by atoms with E-state index < -0.39 is 13.3 Å². The molecule has 0 radical (unpaired) electrons. The minimum Gasteiger partial charge on any atom is -0.396 e. The number of benzene rings is 2. The Kier molecular flexibility index (Phi) is 8.57. The van der Waals surface area contributed by atoms with Gasteiger partial charge in [-0.15, -0.1) is 0 Å². The van der Waals surface area contributed by atoms with Gasteiger partial charge in [0.1, 0.15) is 0 Å². The van der Waals surface area contributed by atoms with Crippen LogP contribution >= 0.6 is 7.92 Å². The molecule has 0 heterocycles. The van der Waals surface area contributed by atoms with Crippen LogP contribution in [0.15, 0.2) is 60.7 Å². The first-order valence-corrected chi connectivity index (χ1v) is 10.4. The first kappa shape index (κ1) is 20.1. The number of aliphatic hydroxyl groups excluding tert-OH is 2. The Bertz CT molecular complexity index is 545. The Morgan fingerprint density at radius 2 is 1.40 bits per heavy atom. The summed E-state index contributed by atoms with van der Waals surface area (Å²) in [6, 6.07) is 20.8. The molecule has 2 rings (SSSR count). The average Bonchev–Trinajstić information content (AvgIpc) is 2.69. The molecule has 25 heavy (non-hydrogen) atoms. The lowest BCUT2D eigenvalue weighted by molar-refractivity contribution is -0.0140. The topological polar surface area (TPSA) is 49.7 Å². The van der Waals surface area contributed by atoms with Crippen LogP contribution in [0, 0.1) is 5.41 Å². The number of ether oxygens (including phenoxy) is 1. The zero-order chi connectivity index (χ0) is 18.0. The zero-order valence-electron chi connectivity index (χ0n) is 15.0. The summed E-state index contributed by atoms with van der Waals surface area (Å²) in [7, 11) is -0.675. The van der Waals surface area contributed by atoms with Gasteiger partial charge in [0.2, 0.25) is 0 Å². The third kappa shape index (κ3) is 5.90. The van der Waals surface area contributed by atoms with Crippen LogP contribution in [0.2, 0.25) is 0 Å². The molecule has 0 saturated heterocycles. The first-order valence-electron chi connectivity index (χ1n) is 8.92. The maximum atomic E-state index is 10.0. The molecule has 2 aromatic rings. The van der Waals surface area contributed by atoms with E-state index in [4.69, 9.17) is 4.74 Å². The average molecular weight is 360 g/mol. The van der Waals surface area contributed by atoms with Gasteiger partial charge < -0.3 is 14.9 Å². The lowest BCUT2D eigenvalue weighted by Crippen LogP contribution is -2.40. The van der Waals surface area contributed by atoms with Crippen LogP contribution in [0.3, 0.4) is 0 Å². The van der Waals surface area contributed by atoms with Crippen molar-refractivity contribution in [3.05, 3.63) is 60.7 Å². The van der Waals surface area contributed by atoms with Crippen molar-refractivity contribution < 1.29 is 14.9 Å². The lowest BCUT2D eigenvalue weighted by atomic mass is 9.94. The fourth-order valence-corrected chi connectivity index (χ4v) is 5.39. The van der Waals surface area contributed by atoms with Crippen molar-refractivity contribution in [2.75, 3.05) is 32.6 Å². The molecule has 0 aliphatic rings. The lowest BCUT2D eigenvalue weighted by Gasteiger charge is -2.34. The van der Waals surface area contributed by atoms with Crippen molar-refractivity contribution in [1.82, 2.24) is 0 Å². The quantitative estimate of drug-likeness (QED) is 0.479. The molecular weight excluding hydrogens is 331 g/mol. The normalized spacial score (nSPS) is 11.8. The third-order valence-corrected chi connectivity index (χ3v) is 7.18. The van der Waals surface area contributed by atoms with Crippen LogP contribution in [0.4, 0.5) is 0 Å². The fourth-order valence-electron chi connectivity index (χ4n) is 2.70. The molecule has 0 aliphatic carbocycles. The highest BCUT2D eigenvalue weighted by Crippen LogP contribution is 2.40. The minimum atomic E-state index is -0.675. The van der Waals surface area contributed by atoms with Gasteiger partial charge in [-0.05, 0) is 31.1 Å². The van der Waals surface area contributed by atoms with Crippen LogP contribution in [-0.4, -0.2) is 42.8 Å². The number of hydrogen-bond acceptors (Lipinski definition) is 3. The fraction of sp³-hybridized carbons (Fsp3) is 0.429. The Morgan fingerprint density at radius 3 is 1.84 bits per heavy atom. The van der Waals surface area contributed by atoms with E-state index in [0.29, 0.717) is 19.4 Å². The molecule has 0 aliphatic heterocycles. The summed E-state index contributed by atoms with van der Waals surface area (Å²) in [4.78, 5) is 0. The highest BCUT2D eigenvalue weighted by atomic mass is 31.1. The third-order valence-electron chi connectivity index (χ3n) is 4.35. The van der Waals surface area contributed by atoms with E-state index in [1.807, 2.05) is 36.4 Å². The molecule has 0 unspecified atom stereocenters. The van der Waals surface area contributed by atoms with Gasteiger partial charge in [0.15, 0.2) is 0 Å². The minimum absolute atomic E-state index is 0.0753. The molecule has 0 aromatic heterocycles. The standard InChI is InChI=1S/C21H29O3P/c1-2-3-14-24-17-21(15-22,16-23)18-25(19-10-6-4-7-11-19)20-12-8-5-9-13-20/h4-13,22-23H,2-3,14-18H2,1H3. The van der Waals surface area contributed by atoms with E-state index >= 15 is 0 Å². The second-order valence-electron chi connectivity index (χ2n) is 6.48. The maximum absolute atomic E-state index is 10.0. The summed E-state index contributed by atoms with van der Waals surface area (Å²) in [6.07, 6.45) is 2.78. The van der Waals surface area contributed by atoms with Gasteiger partial charge in [0.25, 0.3) is 0 Å². The van der Waals surface area contributed by atoms with Gasteiger partial charge in [-0.2, -0.15) is 0 Å². The highest BCUT2D eigenvalue weighted by molar-refractivity contribution is 7.73. The van der Waals surface area contributed by atoms with Gasteiger partial charge in [-0.1, -0.05) is 74.0 Å². The summed E-state index contributed by atoms with van der Waals surface area (Å²) >= 11 is 0. The molecule has 0 bridgehead atoms. The van der Waals surface area contributed by atoms with E-state index in [2.05, 4.69) is 31.2 Å². The molecule has 136 valence electrons. The van der Waals surface area contributed by atoms with E-state index in [9.17, 15) is 10.2 Å². The molecule has 0 fully saturated rings. The Labute approximate surface area is 152 Å². The summed E-state index contributed by atoms with van der Waals surface area (Å²) in [6.45, 7) is 3.03. The van der Waals surface area contributed by atoms with Gasteiger partial charge in [0.05, 0.1) is 19.8 Å². The highest BCUT2D eigenvalue weighted by Gasteiger charge is 2.33. The van der Waals surface area contributed by atoms with Crippen molar-refractivity contribution in [2.24, 2.45) is 5.41 Å². The maximum Gasteiger partial charge on any atom is 0.0570 e. The molecule has 2 N–H and O–H groups in total. The SMILES string of the molecule is CCCCOCC(CO)(CO)CP(c1ccccc1)c1ccccc1. The summed E-state index contributed by atoms with van der Waals surface area (Å²) in [5, 5.41) is 22.6. The van der Waals surface area contributed by atoms with Gasteiger partial charge in [-0.25, -0.2) is 0 Å². The van der Waals surface area contributed by atoms with Crippen molar-refractivity contribution in [2.45, 2.75) is 19.8 Å². The smallest absolute Gasteiger partial charge is 0.0570 e. The first-order chi connectivity index (χ1) is 12.2. The van der Waals surface area contributed by atoms with Crippen molar-refractivity contribution in [3.63, 3.8) is 0 Å². The molecule has 0 amide bonds. The molecule has 3 nitrogen and oxygen atoms in total. The van der Waals surface area contributed by atoms with E-state index in [1.165, 1.54) is 10.6 Å². The van der Waals surface area contributed by atoms with Crippen LogP contribution in [-0.2, 0) is 4.74 Å². The molecule has 0 saturated carbocycles. The summed E-state index contributed by atoms with van der Waals surface area (Å²) in [5.74, 6) is 0. The van der Waals surface area contributed by atoms with Crippen molar-refractivity contribution in [1.29, 1.82) is 0 Å². The van der Waals surface area contributed by atoms with Crippen LogP contribution in [0.5, 0.6) is 0 Å². The predicted molar refractivity (Wildman–Crippen MR) is 106 cm³/mol. The molecule has 0 atom stereocenters. The van der Waals surface area contributed by atoms with E-state index in [0.717, 1.165) is 12.8 Å². The Hall–Kier alpha value is -1.25. The number of aliphatic hydroxyl groups is 2. The Morgan fingerprint density at radius 1 is 0.880 bits per heavy atom. The second-order valence-corrected chi connectivity index (χ2v) is 8.68. The molecule has 2 aromatic carbocycles. The molecule has 4 heteroatoms. The van der Waals surface area contributed by atoms with Gasteiger partial charge in [-0.3, -0.25) is 0 Å². The summed E-state index contributed by atoms with van der Waals surface area (Å²) < 4.78 is 5.78. The van der Waals surface area contributed by atoms with Crippen LogP contribution < -0.4 is 10.6 Å². The van der Waals surface area contributed by atoms with Gasteiger partial charge >= 0.3 is 0 Å². The molecular formula is C21H29O3P. The predicted octanol–water partition coefficient (Wildman–Crippen LogP) is 2.91. The number of unbranched alkanes of at least 4 members (excludes halogenated alkanes) is 1. The van der Waals surface area contributed by atoms with Crippen LogP contribution in [0.1, 0.15) is 19.8 Å². The van der Waals surface area contributed by atoms with Crippen molar-refractivity contribution in [3.8, 4) is 0 Å². The van der Waals surface area contributed by atoms with E-state index in [-0.39, 0.29) is 13.2 Å². The Balaban J connectivity index is 2.23. The number of rotatable bonds is 11. The molecule has 0 spiro atoms. The zero-order valence-corrected chi connectivity index (χ0v) is 15.9. The largest absolute Gasteiger partial charge is 0.396 e. The summed E-state index contributed by atoms with van der Waals surface area (Å²) in [5.41, 5.74) is -0.620. The van der Waals surface area contributed by atoms with Crippen molar-refractivity contribution >= 4 is 18.5 Å². The van der Waals surface area contributed by atoms with Gasteiger partial charge in [0, 0.05) is 12.0 Å². The second kappa shape index (κ2) is 10.7. The van der Waals surface area contributed by atoms with E-state index in [1.54, 1.807) is 0 Å².